The number of nitrogens with one attached hydrogen (secondary N) is 1. The highest BCUT2D eigenvalue weighted by Gasteiger charge is 2.32. The lowest BCUT2D eigenvalue weighted by Crippen LogP contribution is -2.53. The molecule has 0 unspecified atom stereocenters. The Kier molecular flexibility index (Phi) is 3.82. The summed E-state index contributed by atoms with van der Waals surface area (Å²) in [6.45, 7) is 8.74. The van der Waals surface area contributed by atoms with Crippen LogP contribution in [0.3, 0.4) is 0 Å². The van der Waals surface area contributed by atoms with Crippen LogP contribution in [0.1, 0.15) is 26.7 Å². The second-order valence-corrected chi connectivity index (χ2v) is 4.93. The van der Waals surface area contributed by atoms with Gasteiger partial charge in [0.1, 0.15) is 0 Å². The lowest BCUT2D eigenvalue weighted by Gasteiger charge is -2.34. The van der Waals surface area contributed by atoms with Gasteiger partial charge in [-0.05, 0) is 26.7 Å². The number of piperazine rings is 1. The van der Waals surface area contributed by atoms with Gasteiger partial charge in [0.25, 0.3) is 0 Å². The molecular weight excluding hydrogens is 202 g/mol. The van der Waals surface area contributed by atoms with Crippen molar-refractivity contribution in [3.05, 3.63) is 0 Å². The maximum Gasteiger partial charge on any atom is 0.236 e. The van der Waals surface area contributed by atoms with Gasteiger partial charge in [0.05, 0.1) is 6.54 Å². The Labute approximate surface area is 98.0 Å². The van der Waals surface area contributed by atoms with Crippen molar-refractivity contribution < 1.29 is 4.79 Å². The Balaban J connectivity index is 1.84. The van der Waals surface area contributed by atoms with Gasteiger partial charge in [0.2, 0.25) is 5.91 Å². The highest BCUT2D eigenvalue weighted by atomic mass is 16.2. The third-order valence-electron chi connectivity index (χ3n) is 3.63. The first-order valence-corrected chi connectivity index (χ1v) is 6.46. The summed E-state index contributed by atoms with van der Waals surface area (Å²) in [4.78, 5) is 16.5. The number of carbonyl (C=O) groups excluding carboxylic acids is 1. The largest absolute Gasteiger partial charge is 0.339 e. The fourth-order valence-electron chi connectivity index (χ4n) is 2.41. The topological polar surface area (TPSA) is 35.6 Å². The van der Waals surface area contributed by atoms with Crippen molar-refractivity contribution in [2.75, 3.05) is 32.7 Å². The average molecular weight is 225 g/mol. The van der Waals surface area contributed by atoms with Gasteiger partial charge in [0, 0.05) is 38.3 Å². The van der Waals surface area contributed by atoms with E-state index >= 15 is 0 Å². The van der Waals surface area contributed by atoms with E-state index in [1.807, 2.05) is 0 Å². The van der Waals surface area contributed by atoms with Crippen LogP contribution in [-0.2, 0) is 4.79 Å². The lowest BCUT2D eigenvalue weighted by molar-refractivity contribution is -0.133. The summed E-state index contributed by atoms with van der Waals surface area (Å²) in [5, 5.41) is 3.35. The molecule has 0 radical (unpaired) electrons. The molecule has 2 rings (SSSR count). The zero-order valence-corrected chi connectivity index (χ0v) is 10.4. The van der Waals surface area contributed by atoms with E-state index in [4.69, 9.17) is 0 Å². The lowest BCUT2D eigenvalue weighted by atomic mass is 10.2. The number of hydrogen-bond acceptors (Lipinski definition) is 3. The van der Waals surface area contributed by atoms with Crippen molar-refractivity contribution in [2.45, 2.75) is 38.8 Å². The summed E-state index contributed by atoms with van der Waals surface area (Å²) in [7, 11) is 0. The molecule has 1 saturated carbocycles. The van der Waals surface area contributed by atoms with Gasteiger partial charge in [-0.3, -0.25) is 9.69 Å². The van der Waals surface area contributed by atoms with E-state index in [9.17, 15) is 4.79 Å². The van der Waals surface area contributed by atoms with Gasteiger partial charge < -0.3 is 10.2 Å². The molecule has 4 nitrogen and oxygen atoms in total. The molecule has 1 saturated heterocycles. The minimum atomic E-state index is 0.318. The summed E-state index contributed by atoms with van der Waals surface area (Å²) in [6, 6.07) is 1.03. The number of nitrogens with zero attached hydrogens (tertiary/aromatic N) is 2. The predicted octanol–water partition coefficient (Wildman–Crippen LogP) is 0.291. The SMILES string of the molecule is CCN(C(=O)CN1CCNC[C@@H]1C)C1CC1. The molecule has 1 heterocycles. The minimum Gasteiger partial charge on any atom is -0.339 e. The fourth-order valence-corrected chi connectivity index (χ4v) is 2.41. The molecule has 1 aliphatic carbocycles. The van der Waals surface area contributed by atoms with Crippen LogP contribution in [0.2, 0.25) is 0 Å². The van der Waals surface area contributed by atoms with E-state index in [-0.39, 0.29) is 0 Å². The van der Waals surface area contributed by atoms with Crippen molar-refractivity contribution >= 4 is 5.91 Å². The number of rotatable bonds is 4. The average Bonchev–Trinajstić information content (AvgIpc) is 3.07. The van der Waals surface area contributed by atoms with Crippen LogP contribution in [0, 0.1) is 0 Å². The highest BCUT2D eigenvalue weighted by Crippen LogP contribution is 2.26. The van der Waals surface area contributed by atoms with Gasteiger partial charge in [-0.25, -0.2) is 0 Å². The van der Waals surface area contributed by atoms with E-state index in [2.05, 4.69) is 29.0 Å². The first-order valence-electron chi connectivity index (χ1n) is 6.46. The maximum absolute atomic E-state index is 12.1. The van der Waals surface area contributed by atoms with Crippen LogP contribution in [0.15, 0.2) is 0 Å². The third-order valence-corrected chi connectivity index (χ3v) is 3.63. The van der Waals surface area contributed by atoms with E-state index in [0.717, 1.165) is 26.2 Å². The molecule has 92 valence electrons. The highest BCUT2D eigenvalue weighted by molar-refractivity contribution is 5.79. The van der Waals surface area contributed by atoms with Crippen LogP contribution >= 0.6 is 0 Å². The minimum absolute atomic E-state index is 0.318. The smallest absolute Gasteiger partial charge is 0.236 e. The quantitative estimate of drug-likeness (QED) is 0.747. The summed E-state index contributed by atoms with van der Waals surface area (Å²) < 4.78 is 0. The van der Waals surface area contributed by atoms with Gasteiger partial charge >= 0.3 is 0 Å². The monoisotopic (exact) mass is 225 g/mol. The van der Waals surface area contributed by atoms with Crippen molar-refractivity contribution in [3.63, 3.8) is 0 Å². The molecule has 4 heteroatoms. The fraction of sp³-hybridized carbons (Fsp3) is 0.917. The summed E-state index contributed by atoms with van der Waals surface area (Å²) >= 11 is 0. The van der Waals surface area contributed by atoms with Crippen LogP contribution in [-0.4, -0.2) is 60.5 Å². The molecule has 16 heavy (non-hydrogen) atoms. The van der Waals surface area contributed by atoms with Gasteiger partial charge in [-0.1, -0.05) is 0 Å². The Bertz CT molecular complexity index is 253. The normalized spacial score (nSPS) is 26.8. The van der Waals surface area contributed by atoms with Gasteiger partial charge in [-0.15, -0.1) is 0 Å². The van der Waals surface area contributed by atoms with E-state index in [1.54, 1.807) is 0 Å². The zero-order chi connectivity index (χ0) is 11.5. The van der Waals surface area contributed by atoms with Crippen LogP contribution in [0.25, 0.3) is 0 Å². The standard InChI is InChI=1S/C12H23N3O/c1-3-15(11-4-5-11)12(16)9-14-7-6-13-8-10(14)2/h10-11,13H,3-9H2,1-2H3/t10-/m0/s1. The molecule has 0 bridgehead atoms. The number of hydrogen-bond donors (Lipinski definition) is 1. The predicted molar refractivity (Wildman–Crippen MR) is 64.3 cm³/mol. The van der Waals surface area contributed by atoms with Crippen molar-refractivity contribution in [3.8, 4) is 0 Å². The molecule has 1 amide bonds. The molecule has 0 spiro atoms. The van der Waals surface area contributed by atoms with Crippen LogP contribution < -0.4 is 5.32 Å². The zero-order valence-electron chi connectivity index (χ0n) is 10.4. The summed E-state index contributed by atoms with van der Waals surface area (Å²) in [5.41, 5.74) is 0. The molecule has 2 aliphatic rings. The first-order chi connectivity index (χ1) is 7.72. The summed E-state index contributed by atoms with van der Waals surface area (Å²) in [6.07, 6.45) is 2.41. The molecule has 1 atom stereocenters. The maximum atomic E-state index is 12.1. The molecular formula is C12H23N3O. The Morgan fingerprint density at radius 2 is 2.25 bits per heavy atom. The van der Waals surface area contributed by atoms with Crippen LogP contribution in [0.5, 0.6) is 0 Å². The van der Waals surface area contributed by atoms with Gasteiger partial charge in [0.15, 0.2) is 0 Å². The number of amides is 1. The van der Waals surface area contributed by atoms with E-state index < -0.39 is 0 Å². The Morgan fingerprint density at radius 1 is 1.50 bits per heavy atom. The number of likely N-dealkylation sites (N-methyl/N-ethyl adjacent to an activating group) is 1. The van der Waals surface area contributed by atoms with Gasteiger partial charge in [-0.2, -0.15) is 0 Å². The molecule has 1 aliphatic heterocycles. The van der Waals surface area contributed by atoms with Crippen molar-refractivity contribution in [1.82, 2.24) is 15.1 Å². The Morgan fingerprint density at radius 3 is 2.81 bits per heavy atom. The second-order valence-electron chi connectivity index (χ2n) is 4.93. The summed E-state index contributed by atoms with van der Waals surface area (Å²) in [5.74, 6) is 0.318. The van der Waals surface area contributed by atoms with Crippen LogP contribution in [0.4, 0.5) is 0 Å². The second kappa shape index (κ2) is 5.15. The molecule has 0 aromatic rings. The first kappa shape index (κ1) is 11.9. The molecule has 0 aromatic carbocycles. The molecule has 0 aromatic heterocycles. The van der Waals surface area contributed by atoms with E-state index in [0.29, 0.717) is 24.5 Å². The Hall–Kier alpha value is -0.610. The van der Waals surface area contributed by atoms with Crippen molar-refractivity contribution in [2.24, 2.45) is 0 Å². The molecule has 1 N–H and O–H groups in total. The number of carbonyl (C=O) groups is 1. The van der Waals surface area contributed by atoms with E-state index in [1.165, 1.54) is 12.8 Å². The molecule has 2 fully saturated rings. The van der Waals surface area contributed by atoms with Crippen molar-refractivity contribution in [1.29, 1.82) is 0 Å². The third kappa shape index (κ3) is 2.74.